The first-order chi connectivity index (χ1) is 7.72. The van der Waals surface area contributed by atoms with E-state index in [4.69, 9.17) is 0 Å². The minimum atomic E-state index is -0.111. The van der Waals surface area contributed by atoms with Crippen molar-refractivity contribution >= 4 is 0 Å². The summed E-state index contributed by atoms with van der Waals surface area (Å²) >= 11 is 0. The first-order valence-corrected chi connectivity index (χ1v) is 5.36. The summed E-state index contributed by atoms with van der Waals surface area (Å²) in [4.78, 5) is 18.7. The Bertz CT molecular complexity index is 580. The fourth-order valence-electron chi connectivity index (χ4n) is 1.67. The van der Waals surface area contributed by atoms with Gasteiger partial charge in [-0.05, 0) is 25.8 Å². The molecule has 82 valence electrons. The van der Waals surface area contributed by atoms with E-state index in [9.17, 15) is 4.79 Å². The fraction of sp³-hybridized carbons (Fsp3) is 0.364. The summed E-state index contributed by atoms with van der Waals surface area (Å²) in [5.41, 5.74) is 0.801. The minimum Gasteiger partial charge on any atom is -0.310 e. The molecule has 0 bridgehead atoms. The quantitative estimate of drug-likeness (QED) is 0.818. The zero-order valence-corrected chi connectivity index (χ0v) is 8.97. The molecule has 0 aromatic carbocycles. The number of nitrogens with one attached hydrogen (secondary N) is 1. The standard InChI is InChI=1S/C11H12N4O/c1-7-4-5-15(14-7)9-6-10(16)13-11(12-9)8-2-3-8/h4-6,8H,2-3H2,1H3,(H,12,13,16). The molecule has 2 heterocycles. The smallest absolute Gasteiger partial charge is 0.253 e. The van der Waals surface area contributed by atoms with Crippen LogP contribution < -0.4 is 5.56 Å². The molecule has 2 aromatic rings. The van der Waals surface area contributed by atoms with Crippen molar-refractivity contribution in [3.05, 3.63) is 40.2 Å². The molecule has 0 saturated heterocycles. The molecular weight excluding hydrogens is 204 g/mol. The number of nitrogens with zero attached hydrogens (tertiary/aromatic N) is 3. The highest BCUT2D eigenvalue weighted by molar-refractivity contribution is 5.22. The van der Waals surface area contributed by atoms with Gasteiger partial charge >= 0.3 is 0 Å². The topological polar surface area (TPSA) is 63.6 Å². The van der Waals surface area contributed by atoms with Crippen LogP contribution >= 0.6 is 0 Å². The van der Waals surface area contributed by atoms with Crippen molar-refractivity contribution in [1.29, 1.82) is 0 Å². The number of rotatable bonds is 2. The highest BCUT2D eigenvalue weighted by Gasteiger charge is 2.26. The van der Waals surface area contributed by atoms with Gasteiger partial charge in [0, 0.05) is 18.2 Å². The van der Waals surface area contributed by atoms with Gasteiger partial charge in [0.1, 0.15) is 5.82 Å². The lowest BCUT2D eigenvalue weighted by Gasteiger charge is -2.02. The maximum absolute atomic E-state index is 11.5. The lowest BCUT2D eigenvalue weighted by atomic mass is 10.4. The molecule has 3 rings (SSSR count). The zero-order valence-electron chi connectivity index (χ0n) is 8.97. The third kappa shape index (κ3) is 1.64. The maximum atomic E-state index is 11.5. The van der Waals surface area contributed by atoms with Crippen molar-refractivity contribution in [2.75, 3.05) is 0 Å². The second-order valence-corrected chi connectivity index (χ2v) is 4.16. The van der Waals surface area contributed by atoms with E-state index in [1.54, 1.807) is 4.68 Å². The van der Waals surface area contributed by atoms with Crippen molar-refractivity contribution in [3.63, 3.8) is 0 Å². The molecule has 1 fully saturated rings. The number of aryl methyl sites for hydroxylation is 1. The van der Waals surface area contributed by atoms with Crippen LogP contribution in [0.1, 0.15) is 30.3 Å². The fourth-order valence-corrected chi connectivity index (χ4v) is 1.67. The molecule has 2 aromatic heterocycles. The van der Waals surface area contributed by atoms with E-state index in [1.807, 2.05) is 19.2 Å². The number of H-pyrrole nitrogens is 1. The molecule has 5 nitrogen and oxygen atoms in total. The van der Waals surface area contributed by atoms with Crippen molar-refractivity contribution in [3.8, 4) is 5.82 Å². The van der Waals surface area contributed by atoms with Crippen LogP contribution in [0.4, 0.5) is 0 Å². The van der Waals surface area contributed by atoms with Gasteiger partial charge in [0.2, 0.25) is 0 Å². The van der Waals surface area contributed by atoms with Gasteiger partial charge < -0.3 is 4.98 Å². The molecule has 1 saturated carbocycles. The predicted molar refractivity (Wildman–Crippen MR) is 58.7 cm³/mol. The van der Waals surface area contributed by atoms with Gasteiger partial charge in [-0.1, -0.05) is 0 Å². The Kier molecular flexibility index (Phi) is 1.92. The first-order valence-electron chi connectivity index (χ1n) is 5.36. The summed E-state index contributed by atoms with van der Waals surface area (Å²) in [6.45, 7) is 1.91. The summed E-state index contributed by atoms with van der Waals surface area (Å²) in [6.07, 6.45) is 4.04. The third-order valence-electron chi connectivity index (χ3n) is 2.67. The van der Waals surface area contributed by atoms with Gasteiger partial charge in [0.05, 0.1) is 5.69 Å². The summed E-state index contributed by atoms with van der Waals surface area (Å²) in [7, 11) is 0. The largest absolute Gasteiger partial charge is 0.310 e. The molecule has 0 aliphatic heterocycles. The monoisotopic (exact) mass is 216 g/mol. The number of aromatic nitrogens is 4. The highest BCUT2D eigenvalue weighted by Crippen LogP contribution is 2.37. The second-order valence-electron chi connectivity index (χ2n) is 4.16. The van der Waals surface area contributed by atoms with Gasteiger partial charge in [-0.25, -0.2) is 9.67 Å². The van der Waals surface area contributed by atoms with Crippen LogP contribution in [-0.4, -0.2) is 19.7 Å². The van der Waals surface area contributed by atoms with E-state index in [1.165, 1.54) is 6.07 Å². The van der Waals surface area contributed by atoms with E-state index in [0.717, 1.165) is 24.4 Å². The Morgan fingerprint density at radius 2 is 2.31 bits per heavy atom. The Morgan fingerprint density at radius 3 is 2.94 bits per heavy atom. The van der Waals surface area contributed by atoms with Crippen molar-refractivity contribution in [2.24, 2.45) is 0 Å². The Hall–Kier alpha value is -1.91. The van der Waals surface area contributed by atoms with Crippen LogP contribution in [0.5, 0.6) is 0 Å². The van der Waals surface area contributed by atoms with Gasteiger partial charge in [-0.15, -0.1) is 0 Å². The normalized spacial score (nSPS) is 15.3. The number of hydrogen-bond donors (Lipinski definition) is 1. The second kappa shape index (κ2) is 3.30. The van der Waals surface area contributed by atoms with Gasteiger partial charge in [-0.2, -0.15) is 5.10 Å². The SMILES string of the molecule is Cc1ccn(-c2cc(=O)[nH]c(C3CC3)n2)n1. The van der Waals surface area contributed by atoms with E-state index in [-0.39, 0.29) is 5.56 Å². The van der Waals surface area contributed by atoms with Crippen LogP contribution in [0.2, 0.25) is 0 Å². The zero-order chi connectivity index (χ0) is 11.1. The van der Waals surface area contributed by atoms with E-state index in [0.29, 0.717) is 11.7 Å². The van der Waals surface area contributed by atoms with Crippen molar-refractivity contribution in [2.45, 2.75) is 25.7 Å². The molecule has 0 amide bonds. The molecule has 0 atom stereocenters. The first kappa shape index (κ1) is 9.33. The third-order valence-corrected chi connectivity index (χ3v) is 2.67. The molecule has 1 N–H and O–H groups in total. The number of hydrogen-bond acceptors (Lipinski definition) is 3. The van der Waals surface area contributed by atoms with Gasteiger partial charge in [0.25, 0.3) is 5.56 Å². The molecule has 0 unspecified atom stereocenters. The average Bonchev–Trinajstić information content (AvgIpc) is 3.01. The highest BCUT2D eigenvalue weighted by atomic mass is 16.1. The summed E-state index contributed by atoms with van der Waals surface area (Å²) in [6, 6.07) is 3.36. The summed E-state index contributed by atoms with van der Waals surface area (Å²) < 4.78 is 1.64. The molecule has 16 heavy (non-hydrogen) atoms. The lowest BCUT2D eigenvalue weighted by Crippen LogP contribution is -2.13. The van der Waals surface area contributed by atoms with E-state index >= 15 is 0 Å². The molecule has 1 aliphatic carbocycles. The average molecular weight is 216 g/mol. The Morgan fingerprint density at radius 1 is 1.50 bits per heavy atom. The summed E-state index contributed by atoms with van der Waals surface area (Å²) in [5, 5.41) is 4.24. The van der Waals surface area contributed by atoms with Crippen LogP contribution in [0.3, 0.4) is 0 Å². The van der Waals surface area contributed by atoms with Gasteiger partial charge in [0.15, 0.2) is 5.82 Å². The molecule has 1 aliphatic rings. The van der Waals surface area contributed by atoms with E-state index < -0.39 is 0 Å². The van der Waals surface area contributed by atoms with Crippen molar-refractivity contribution in [1.82, 2.24) is 19.7 Å². The number of aromatic amines is 1. The van der Waals surface area contributed by atoms with Crippen LogP contribution in [-0.2, 0) is 0 Å². The summed E-state index contributed by atoms with van der Waals surface area (Å²) in [5.74, 6) is 1.82. The maximum Gasteiger partial charge on any atom is 0.253 e. The Balaban J connectivity index is 2.09. The minimum absolute atomic E-state index is 0.111. The predicted octanol–water partition coefficient (Wildman–Crippen LogP) is 1.14. The van der Waals surface area contributed by atoms with Crippen LogP contribution in [0.15, 0.2) is 23.1 Å². The lowest BCUT2D eigenvalue weighted by molar-refractivity contribution is 0.793. The van der Waals surface area contributed by atoms with Crippen LogP contribution in [0.25, 0.3) is 5.82 Å². The van der Waals surface area contributed by atoms with E-state index in [2.05, 4.69) is 15.1 Å². The Labute approximate surface area is 92.2 Å². The molecular formula is C11H12N4O. The van der Waals surface area contributed by atoms with Crippen molar-refractivity contribution < 1.29 is 0 Å². The van der Waals surface area contributed by atoms with Gasteiger partial charge in [-0.3, -0.25) is 4.79 Å². The molecule has 5 heteroatoms. The molecule has 0 spiro atoms. The molecule has 0 radical (unpaired) electrons. The van der Waals surface area contributed by atoms with Crippen LogP contribution in [0, 0.1) is 6.92 Å².